The molecule has 0 aliphatic carbocycles. The summed E-state index contributed by atoms with van der Waals surface area (Å²) in [5.41, 5.74) is 1.24. The van der Waals surface area contributed by atoms with Crippen molar-refractivity contribution < 1.29 is 18.0 Å². The van der Waals surface area contributed by atoms with Crippen molar-refractivity contribution in [3.63, 3.8) is 0 Å². The molecular weight excluding hydrogens is 364 g/mol. The molecule has 7 heteroatoms. The van der Waals surface area contributed by atoms with Crippen LogP contribution in [-0.4, -0.2) is 37.8 Å². The molecule has 27 heavy (non-hydrogen) atoms. The van der Waals surface area contributed by atoms with Gasteiger partial charge in [0.2, 0.25) is 0 Å². The molecule has 1 aliphatic rings. The summed E-state index contributed by atoms with van der Waals surface area (Å²) < 4.78 is 23.2. The third-order valence-electron chi connectivity index (χ3n) is 4.21. The molecule has 0 saturated carbocycles. The van der Waals surface area contributed by atoms with E-state index in [2.05, 4.69) is 10.6 Å². The first kappa shape index (κ1) is 18.8. The molecule has 2 aromatic rings. The highest BCUT2D eigenvalue weighted by atomic mass is 32.2. The van der Waals surface area contributed by atoms with E-state index in [0.717, 1.165) is 5.56 Å². The van der Waals surface area contributed by atoms with Crippen molar-refractivity contribution in [1.29, 1.82) is 0 Å². The molecule has 1 fully saturated rings. The normalized spacial score (nSPS) is 18.7. The molecule has 0 bridgehead atoms. The van der Waals surface area contributed by atoms with Crippen LogP contribution in [0.25, 0.3) is 6.08 Å². The number of hydrogen-bond acceptors (Lipinski definition) is 4. The van der Waals surface area contributed by atoms with Crippen LogP contribution in [-0.2, 0) is 14.6 Å². The topological polar surface area (TPSA) is 92.3 Å². The van der Waals surface area contributed by atoms with Crippen LogP contribution >= 0.6 is 0 Å². The lowest BCUT2D eigenvalue weighted by Gasteiger charge is -2.14. The Morgan fingerprint density at radius 3 is 2.19 bits per heavy atom. The number of carbonyl (C=O) groups is 2. The second-order valence-electron chi connectivity index (χ2n) is 6.36. The van der Waals surface area contributed by atoms with Crippen LogP contribution in [0.5, 0.6) is 0 Å². The van der Waals surface area contributed by atoms with E-state index in [1.54, 1.807) is 36.4 Å². The molecule has 0 spiro atoms. The summed E-state index contributed by atoms with van der Waals surface area (Å²) in [7, 11) is -3.11. The molecule has 0 aromatic heterocycles. The van der Waals surface area contributed by atoms with Gasteiger partial charge in [-0.15, -0.1) is 0 Å². The standard InChI is InChI=1S/C20H20N2O4S/c23-19(16-9-5-2-6-10-16)22-18(13-15-7-3-1-4-8-15)20(24)21-17-11-12-27(25,26)14-17/h1-10,13,17H,11-12,14H2,(H,21,24)(H,22,23)/b18-13-/t17-/m0/s1. The van der Waals surface area contributed by atoms with Gasteiger partial charge in [-0.1, -0.05) is 48.5 Å². The maximum absolute atomic E-state index is 12.7. The number of carbonyl (C=O) groups excluding carboxylic acids is 2. The smallest absolute Gasteiger partial charge is 0.268 e. The average molecular weight is 384 g/mol. The van der Waals surface area contributed by atoms with Gasteiger partial charge < -0.3 is 10.6 Å². The molecule has 0 unspecified atom stereocenters. The lowest BCUT2D eigenvalue weighted by Crippen LogP contribution is -2.41. The molecule has 2 amide bonds. The number of sulfone groups is 1. The molecule has 1 atom stereocenters. The zero-order chi connectivity index (χ0) is 19.3. The summed E-state index contributed by atoms with van der Waals surface area (Å²) in [6, 6.07) is 17.2. The van der Waals surface area contributed by atoms with Crippen LogP contribution in [0.1, 0.15) is 22.3 Å². The highest BCUT2D eigenvalue weighted by molar-refractivity contribution is 7.91. The van der Waals surface area contributed by atoms with Gasteiger partial charge in [-0.05, 0) is 30.2 Å². The Hall–Kier alpha value is -2.93. The van der Waals surface area contributed by atoms with E-state index in [1.807, 2.05) is 30.3 Å². The highest BCUT2D eigenvalue weighted by Crippen LogP contribution is 2.13. The third kappa shape index (κ3) is 5.27. The SMILES string of the molecule is O=C(N[C@H]1CCS(=O)(=O)C1)/C(=C/c1ccccc1)NC(=O)c1ccccc1. The number of amides is 2. The van der Waals surface area contributed by atoms with Crippen LogP contribution in [0, 0.1) is 0 Å². The molecule has 3 rings (SSSR count). The quantitative estimate of drug-likeness (QED) is 0.769. The molecule has 140 valence electrons. The molecule has 1 saturated heterocycles. The molecule has 1 aliphatic heterocycles. The fourth-order valence-corrected chi connectivity index (χ4v) is 4.50. The van der Waals surface area contributed by atoms with Crippen molar-refractivity contribution in [1.82, 2.24) is 10.6 Å². The fraction of sp³-hybridized carbons (Fsp3) is 0.200. The van der Waals surface area contributed by atoms with Crippen molar-refractivity contribution in [2.45, 2.75) is 12.5 Å². The lowest BCUT2D eigenvalue weighted by atomic mass is 10.1. The summed E-state index contributed by atoms with van der Waals surface area (Å²) in [6.45, 7) is 0. The maximum Gasteiger partial charge on any atom is 0.268 e. The highest BCUT2D eigenvalue weighted by Gasteiger charge is 2.29. The Kier molecular flexibility index (Phi) is 5.71. The third-order valence-corrected chi connectivity index (χ3v) is 5.97. The molecule has 2 N–H and O–H groups in total. The fourth-order valence-electron chi connectivity index (χ4n) is 2.83. The van der Waals surface area contributed by atoms with E-state index < -0.39 is 27.7 Å². The molecule has 0 radical (unpaired) electrons. The average Bonchev–Trinajstić information content (AvgIpc) is 3.01. The minimum Gasteiger partial charge on any atom is -0.347 e. The Morgan fingerprint density at radius 1 is 0.963 bits per heavy atom. The number of nitrogens with one attached hydrogen (secondary N) is 2. The second-order valence-corrected chi connectivity index (χ2v) is 8.59. The van der Waals surface area contributed by atoms with Gasteiger partial charge in [-0.2, -0.15) is 0 Å². The van der Waals surface area contributed by atoms with Crippen molar-refractivity contribution in [3.8, 4) is 0 Å². The Bertz CT molecular complexity index is 954. The van der Waals surface area contributed by atoms with Crippen LogP contribution in [0.15, 0.2) is 66.4 Å². The summed E-state index contributed by atoms with van der Waals surface area (Å²) in [4.78, 5) is 25.2. The van der Waals surface area contributed by atoms with Crippen LogP contribution in [0.4, 0.5) is 0 Å². The largest absolute Gasteiger partial charge is 0.347 e. The van der Waals surface area contributed by atoms with E-state index in [0.29, 0.717) is 12.0 Å². The lowest BCUT2D eigenvalue weighted by molar-refractivity contribution is -0.118. The minimum atomic E-state index is -3.11. The molecule has 2 aromatic carbocycles. The summed E-state index contributed by atoms with van der Waals surface area (Å²) in [6.07, 6.45) is 1.94. The van der Waals surface area contributed by atoms with Crippen molar-refractivity contribution in [2.24, 2.45) is 0 Å². The van der Waals surface area contributed by atoms with Crippen LogP contribution in [0.2, 0.25) is 0 Å². The second kappa shape index (κ2) is 8.18. The van der Waals surface area contributed by atoms with Gasteiger partial charge in [0.25, 0.3) is 11.8 Å². The Morgan fingerprint density at radius 2 is 1.59 bits per heavy atom. The van der Waals surface area contributed by atoms with Crippen LogP contribution in [0.3, 0.4) is 0 Å². The predicted molar refractivity (Wildman–Crippen MR) is 104 cm³/mol. The van der Waals surface area contributed by atoms with E-state index in [-0.39, 0.29) is 17.2 Å². The first-order chi connectivity index (χ1) is 12.9. The van der Waals surface area contributed by atoms with E-state index >= 15 is 0 Å². The van der Waals surface area contributed by atoms with Gasteiger partial charge in [-0.3, -0.25) is 9.59 Å². The van der Waals surface area contributed by atoms with E-state index in [9.17, 15) is 18.0 Å². The first-order valence-corrected chi connectivity index (χ1v) is 10.4. The molecular formula is C20H20N2O4S. The van der Waals surface area contributed by atoms with Gasteiger partial charge in [0, 0.05) is 11.6 Å². The van der Waals surface area contributed by atoms with Gasteiger partial charge in [0.1, 0.15) is 5.70 Å². The number of hydrogen-bond donors (Lipinski definition) is 2. The Labute approximate surface area is 158 Å². The number of benzene rings is 2. The van der Waals surface area contributed by atoms with Crippen LogP contribution < -0.4 is 10.6 Å². The van der Waals surface area contributed by atoms with Gasteiger partial charge in [0.15, 0.2) is 9.84 Å². The van der Waals surface area contributed by atoms with Gasteiger partial charge in [0.05, 0.1) is 11.5 Å². The molecule has 6 nitrogen and oxygen atoms in total. The summed E-state index contributed by atoms with van der Waals surface area (Å²) in [5.74, 6) is -0.937. The van der Waals surface area contributed by atoms with Crippen molar-refractivity contribution in [2.75, 3.05) is 11.5 Å². The summed E-state index contributed by atoms with van der Waals surface area (Å²) >= 11 is 0. The van der Waals surface area contributed by atoms with E-state index in [4.69, 9.17) is 0 Å². The molecule has 1 heterocycles. The predicted octanol–water partition coefficient (Wildman–Crippen LogP) is 1.76. The van der Waals surface area contributed by atoms with Crippen molar-refractivity contribution in [3.05, 3.63) is 77.5 Å². The first-order valence-electron chi connectivity index (χ1n) is 8.57. The minimum absolute atomic E-state index is 0.0616. The zero-order valence-electron chi connectivity index (χ0n) is 14.6. The Balaban J connectivity index is 1.80. The number of rotatable bonds is 5. The van der Waals surface area contributed by atoms with Crippen molar-refractivity contribution >= 4 is 27.7 Å². The van der Waals surface area contributed by atoms with Gasteiger partial charge >= 0.3 is 0 Å². The monoisotopic (exact) mass is 384 g/mol. The summed E-state index contributed by atoms with van der Waals surface area (Å²) in [5, 5.41) is 5.35. The van der Waals surface area contributed by atoms with E-state index in [1.165, 1.54) is 0 Å². The maximum atomic E-state index is 12.7. The zero-order valence-corrected chi connectivity index (χ0v) is 15.4. The van der Waals surface area contributed by atoms with Gasteiger partial charge in [-0.25, -0.2) is 8.42 Å².